The van der Waals surface area contributed by atoms with Gasteiger partial charge in [-0.25, -0.2) is 0 Å². The minimum atomic E-state index is -0.895. The first-order valence-electron chi connectivity index (χ1n) is 5.73. The summed E-state index contributed by atoms with van der Waals surface area (Å²) in [6, 6.07) is -0.147. The summed E-state index contributed by atoms with van der Waals surface area (Å²) < 4.78 is 0. The second kappa shape index (κ2) is 5.47. The topological polar surface area (TPSA) is 66.6 Å². The van der Waals surface area contributed by atoms with Crippen LogP contribution in [0.4, 0.5) is 0 Å². The molecule has 0 aliphatic carbocycles. The fourth-order valence-electron chi connectivity index (χ4n) is 2.22. The van der Waals surface area contributed by atoms with E-state index in [2.05, 4.69) is 18.7 Å². The van der Waals surface area contributed by atoms with E-state index in [1.165, 1.54) is 12.8 Å². The fraction of sp³-hybridized carbons (Fsp3) is 0.909. The van der Waals surface area contributed by atoms with E-state index in [-0.39, 0.29) is 0 Å². The van der Waals surface area contributed by atoms with Gasteiger partial charge in [0.25, 0.3) is 0 Å². The molecule has 1 aliphatic heterocycles. The molecule has 0 radical (unpaired) electrons. The molecule has 1 saturated heterocycles. The van der Waals surface area contributed by atoms with Gasteiger partial charge in [0.15, 0.2) is 0 Å². The largest absolute Gasteiger partial charge is 0.480 e. The molecule has 1 rings (SSSR count). The standard InChI is InChI=1S/C11H22N2O2/c1-8-3-5-13(9(2)7-8)6-4-10(12)11(14)15/h8-10H,3-7,12H2,1-2H3,(H,14,15). The first kappa shape index (κ1) is 12.5. The summed E-state index contributed by atoms with van der Waals surface area (Å²) in [7, 11) is 0. The number of piperidine rings is 1. The van der Waals surface area contributed by atoms with E-state index < -0.39 is 12.0 Å². The monoisotopic (exact) mass is 214 g/mol. The van der Waals surface area contributed by atoms with E-state index in [4.69, 9.17) is 10.8 Å². The van der Waals surface area contributed by atoms with Crippen LogP contribution in [0.25, 0.3) is 0 Å². The number of carbonyl (C=O) groups is 1. The van der Waals surface area contributed by atoms with Crippen molar-refractivity contribution < 1.29 is 9.90 Å². The quantitative estimate of drug-likeness (QED) is 0.730. The Kier molecular flexibility index (Phi) is 4.54. The Hall–Kier alpha value is -0.610. The molecule has 4 heteroatoms. The molecular weight excluding hydrogens is 192 g/mol. The highest BCUT2D eigenvalue weighted by Gasteiger charge is 2.23. The van der Waals surface area contributed by atoms with Crippen molar-refractivity contribution in [3.05, 3.63) is 0 Å². The maximum atomic E-state index is 10.6. The molecule has 88 valence electrons. The predicted octanol–water partition coefficient (Wildman–Crippen LogP) is 0.909. The second-order valence-corrected chi connectivity index (χ2v) is 4.75. The number of likely N-dealkylation sites (tertiary alicyclic amines) is 1. The van der Waals surface area contributed by atoms with Crippen LogP contribution in [0.2, 0.25) is 0 Å². The molecule has 0 amide bonds. The third-order valence-electron chi connectivity index (χ3n) is 3.32. The van der Waals surface area contributed by atoms with Crippen LogP contribution in [0, 0.1) is 5.92 Å². The number of nitrogens with zero attached hydrogens (tertiary/aromatic N) is 1. The molecule has 3 unspecified atom stereocenters. The van der Waals surface area contributed by atoms with E-state index in [1.54, 1.807) is 0 Å². The van der Waals surface area contributed by atoms with Crippen molar-refractivity contribution in [1.82, 2.24) is 4.90 Å². The Morgan fingerprint density at radius 2 is 2.27 bits per heavy atom. The van der Waals surface area contributed by atoms with Crippen LogP contribution in [0.3, 0.4) is 0 Å². The van der Waals surface area contributed by atoms with E-state index in [0.717, 1.165) is 19.0 Å². The van der Waals surface area contributed by atoms with Crippen LogP contribution in [0.15, 0.2) is 0 Å². The molecule has 0 aromatic carbocycles. The molecule has 1 heterocycles. The molecule has 0 aromatic rings. The highest BCUT2D eigenvalue weighted by Crippen LogP contribution is 2.22. The predicted molar refractivity (Wildman–Crippen MR) is 59.7 cm³/mol. The average Bonchev–Trinajstić information content (AvgIpc) is 2.15. The van der Waals surface area contributed by atoms with Gasteiger partial charge in [-0.05, 0) is 38.6 Å². The second-order valence-electron chi connectivity index (χ2n) is 4.75. The number of nitrogens with two attached hydrogens (primary N) is 1. The van der Waals surface area contributed by atoms with Crippen molar-refractivity contribution >= 4 is 5.97 Å². The minimum Gasteiger partial charge on any atom is -0.480 e. The maximum absolute atomic E-state index is 10.6. The van der Waals surface area contributed by atoms with Crippen LogP contribution < -0.4 is 5.73 Å². The Bertz CT molecular complexity index is 221. The summed E-state index contributed by atoms with van der Waals surface area (Å²) in [6.07, 6.45) is 2.98. The molecule has 4 nitrogen and oxygen atoms in total. The van der Waals surface area contributed by atoms with Crippen LogP contribution in [0.5, 0.6) is 0 Å². The van der Waals surface area contributed by atoms with E-state index in [1.807, 2.05) is 0 Å². The Morgan fingerprint density at radius 3 is 2.80 bits per heavy atom. The summed E-state index contributed by atoms with van der Waals surface area (Å²) in [5, 5.41) is 8.68. The summed E-state index contributed by atoms with van der Waals surface area (Å²) in [6.45, 7) is 6.37. The van der Waals surface area contributed by atoms with Gasteiger partial charge >= 0.3 is 5.97 Å². The zero-order valence-corrected chi connectivity index (χ0v) is 9.65. The van der Waals surface area contributed by atoms with Gasteiger partial charge in [-0.2, -0.15) is 0 Å². The zero-order chi connectivity index (χ0) is 11.4. The molecule has 0 spiro atoms. The van der Waals surface area contributed by atoms with Gasteiger partial charge in [0, 0.05) is 12.6 Å². The van der Waals surface area contributed by atoms with Gasteiger partial charge in [-0.1, -0.05) is 6.92 Å². The normalized spacial score (nSPS) is 30.1. The highest BCUT2D eigenvalue weighted by atomic mass is 16.4. The Labute approximate surface area is 91.4 Å². The summed E-state index contributed by atoms with van der Waals surface area (Å²) in [4.78, 5) is 12.9. The number of carboxylic acids is 1. The first-order valence-corrected chi connectivity index (χ1v) is 5.73. The number of aliphatic carboxylic acids is 1. The fourth-order valence-corrected chi connectivity index (χ4v) is 2.22. The summed E-state index contributed by atoms with van der Waals surface area (Å²) >= 11 is 0. The van der Waals surface area contributed by atoms with Gasteiger partial charge in [0.2, 0.25) is 0 Å². The molecule has 1 aliphatic rings. The van der Waals surface area contributed by atoms with Crippen molar-refractivity contribution in [2.45, 2.75) is 45.2 Å². The van der Waals surface area contributed by atoms with Crippen molar-refractivity contribution in [3.8, 4) is 0 Å². The smallest absolute Gasteiger partial charge is 0.320 e. The van der Waals surface area contributed by atoms with E-state index in [0.29, 0.717) is 12.5 Å². The van der Waals surface area contributed by atoms with Crippen LogP contribution in [0.1, 0.15) is 33.1 Å². The van der Waals surface area contributed by atoms with Crippen molar-refractivity contribution in [2.75, 3.05) is 13.1 Å². The molecule has 1 fully saturated rings. The van der Waals surface area contributed by atoms with Crippen molar-refractivity contribution in [2.24, 2.45) is 11.7 Å². The summed E-state index contributed by atoms with van der Waals surface area (Å²) in [5.74, 6) is -0.0996. The molecule has 0 saturated carbocycles. The van der Waals surface area contributed by atoms with Gasteiger partial charge in [0.1, 0.15) is 6.04 Å². The number of carboxylic acid groups (broad SMARTS) is 1. The maximum Gasteiger partial charge on any atom is 0.320 e. The lowest BCUT2D eigenvalue weighted by Crippen LogP contribution is -2.43. The van der Waals surface area contributed by atoms with Crippen molar-refractivity contribution in [3.63, 3.8) is 0 Å². The SMILES string of the molecule is CC1CCN(CCC(N)C(=O)O)C(C)C1. The number of hydrogen-bond donors (Lipinski definition) is 2. The highest BCUT2D eigenvalue weighted by molar-refractivity contribution is 5.72. The van der Waals surface area contributed by atoms with E-state index in [9.17, 15) is 4.79 Å². The van der Waals surface area contributed by atoms with Gasteiger partial charge in [-0.15, -0.1) is 0 Å². The Balaban J connectivity index is 2.29. The lowest BCUT2D eigenvalue weighted by Gasteiger charge is -2.36. The third kappa shape index (κ3) is 3.80. The molecule has 15 heavy (non-hydrogen) atoms. The number of hydrogen-bond acceptors (Lipinski definition) is 3. The zero-order valence-electron chi connectivity index (χ0n) is 9.65. The third-order valence-corrected chi connectivity index (χ3v) is 3.32. The van der Waals surface area contributed by atoms with Crippen molar-refractivity contribution in [1.29, 1.82) is 0 Å². The summed E-state index contributed by atoms with van der Waals surface area (Å²) in [5.41, 5.74) is 5.48. The van der Waals surface area contributed by atoms with Crippen LogP contribution >= 0.6 is 0 Å². The lowest BCUT2D eigenvalue weighted by molar-refractivity contribution is -0.138. The van der Waals surface area contributed by atoms with Gasteiger partial charge < -0.3 is 15.7 Å². The molecule has 3 atom stereocenters. The molecule has 0 bridgehead atoms. The van der Waals surface area contributed by atoms with Gasteiger partial charge in [-0.3, -0.25) is 4.79 Å². The Morgan fingerprint density at radius 1 is 1.60 bits per heavy atom. The molecule has 0 aromatic heterocycles. The number of rotatable bonds is 4. The molecule has 3 N–H and O–H groups in total. The lowest BCUT2D eigenvalue weighted by atomic mass is 9.93. The minimum absolute atomic E-state index is 0.550. The van der Waals surface area contributed by atoms with E-state index >= 15 is 0 Å². The van der Waals surface area contributed by atoms with Crippen LogP contribution in [-0.2, 0) is 4.79 Å². The first-order chi connectivity index (χ1) is 7.00. The van der Waals surface area contributed by atoms with Crippen LogP contribution in [-0.4, -0.2) is 41.1 Å². The molecular formula is C11H22N2O2. The van der Waals surface area contributed by atoms with Gasteiger partial charge in [0.05, 0.1) is 0 Å². The average molecular weight is 214 g/mol.